The fourth-order valence-corrected chi connectivity index (χ4v) is 2.82. The van der Waals surface area contributed by atoms with Crippen LogP contribution in [-0.2, 0) is 6.42 Å². The third-order valence-electron chi connectivity index (χ3n) is 4.29. The summed E-state index contributed by atoms with van der Waals surface area (Å²) in [6.45, 7) is 5.55. The topological polar surface area (TPSA) is 12.0 Å². The lowest BCUT2D eigenvalue weighted by Gasteiger charge is -2.26. The van der Waals surface area contributed by atoms with Crippen molar-refractivity contribution in [3.05, 3.63) is 35.4 Å². The van der Waals surface area contributed by atoms with Crippen molar-refractivity contribution >= 4 is 0 Å². The Labute approximate surface area is 112 Å². The molecule has 1 aliphatic carbocycles. The van der Waals surface area contributed by atoms with Gasteiger partial charge in [-0.15, -0.1) is 0 Å². The summed E-state index contributed by atoms with van der Waals surface area (Å²) in [7, 11) is 0. The highest BCUT2D eigenvalue weighted by molar-refractivity contribution is 5.27. The zero-order chi connectivity index (χ0) is 12.8. The normalized spacial score (nSPS) is 17.4. The van der Waals surface area contributed by atoms with E-state index in [9.17, 15) is 0 Å². The van der Waals surface area contributed by atoms with Gasteiger partial charge < -0.3 is 5.32 Å². The fraction of sp³-hybridized carbons (Fsp3) is 0.647. The molecule has 18 heavy (non-hydrogen) atoms. The van der Waals surface area contributed by atoms with E-state index in [2.05, 4.69) is 43.4 Å². The molecule has 1 aromatic carbocycles. The van der Waals surface area contributed by atoms with Crippen molar-refractivity contribution in [3.8, 4) is 0 Å². The van der Waals surface area contributed by atoms with E-state index in [4.69, 9.17) is 0 Å². The van der Waals surface area contributed by atoms with Gasteiger partial charge in [0.25, 0.3) is 0 Å². The predicted octanol–water partition coefficient (Wildman–Crippen LogP) is 4.27. The minimum atomic E-state index is 0.683. The van der Waals surface area contributed by atoms with Crippen molar-refractivity contribution in [1.29, 1.82) is 0 Å². The summed E-state index contributed by atoms with van der Waals surface area (Å²) in [5, 5.41) is 3.56. The molecule has 2 rings (SSSR count). The molecule has 0 spiro atoms. The molecular weight excluding hydrogens is 218 g/mol. The second-order valence-electron chi connectivity index (χ2n) is 5.57. The van der Waals surface area contributed by atoms with Crippen LogP contribution in [-0.4, -0.2) is 12.6 Å². The minimum absolute atomic E-state index is 0.683. The molecule has 0 aliphatic heterocycles. The Bertz CT molecular complexity index is 354. The molecule has 1 nitrogen and oxygen atoms in total. The molecule has 0 bridgehead atoms. The van der Waals surface area contributed by atoms with Gasteiger partial charge in [-0.25, -0.2) is 0 Å². The zero-order valence-electron chi connectivity index (χ0n) is 11.9. The van der Waals surface area contributed by atoms with Crippen LogP contribution in [0.3, 0.4) is 0 Å². The van der Waals surface area contributed by atoms with Crippen LogP contribution in [0.2, 0.25) is 0 Å². The van der Waals surface area contributed by atoms with Crippen LogP contribution in [0.4, 0.5) is 0 Å². The highest BCUT2D eigenvalue weighted by Crippen LogP contribution is 2.36. The van der Waals surface area contributed by atoms with Gasteiger partial charge in [-0.05, 0) is 55.7 Å². The van der Waals surface area contributed by atoms with Gasteiger partial charge in [0.15, 0.2) is 0 Å². The number of aryl methyl sites for hydroxylation is 1. The van der Waals surface area contributed by atoms with E-state index in [1.165, 1.54) is 44.1 Å². The Hall–Kier alpha value is -0.820. The summed E-state index contributed by atoms with van der Waals surface area (Å²) in [6, 6.07) is 9.98. The zero-order valence-corrected chi connectivity index (χ0v) is 11.9. The summed E-state index contributed by atoms with van der Waals surface area (Å²) < 4.78 is 0. The van der Waals surface area contributed by atoms with Crippen LogP contribution in [0.5, 0.6) is 0 Å². The Morgan fingerprint density at radius 1 is 1.28 bits per heavy atom. The molecule has 0 amide bonds. The smallest absolute Gasteiger partial charge is 0.00674 e. The molecule has 1 saturated carbocycles. The minimum Gasteiger partial charge on any atom is -0.314 e. The van der Waals surface area contributed by atoms with Crippen molar-refractivity contribution in [2.75, 3.05) is 6.54 Å². The van der Waals surface area contributed by atoms with E-state index in [-0.39, 0.29) is 0 Å². The maximum atomic E-state index is 3.56. The Balaban J connectivity index is 1.88. The highest BCUT2D eigenvalue weighted by Gasteiger charge is 2.19. The molecule has 100 valence electrons. The van der Waals surface area contributed by atoms with Gasteiger partial charge in [0.1, 0.15) is 0 Å². The number of nitrogens with one attached hydrogen (secondary N) is 1. The van der Waals surface area contributed by atoms with Crippen LogP contribution in [0.15, 0.2) is 24.3 Å². The first-order chi connectivity index (χ1) is 8.83. The predicted molar refractivity (Wildman–Crippen MR) is 79.1 cm³/mol. The summed E-state index contributed by atoms with van der Waals surface area (Å²) in [5.74, 6) is 0.862. The average Bonchev–Trinajstić information content (AvgIpc) is 2.33. The maximum Gasteiger partial charge on any atom is 0.00674 e. The van der Waals surface area contributed by atoms with Crippen molar-refractivity contribution in [2.45, 2.75) is 64.3 Å². The molecule has 1 unspecified atom stereocenters. The van der Waals surface area contributed by atoms with E-state index < -0.39 is 0 Å². The van der Waals surface area contributed by atoms with Gasteiger partial charge in [-0.2, -0.15) is 0 Å². The Kier molecular flexibility index (Phi) is 5.25. The van der Waals surface area contributed by atoms with Gasteiger partial charge in [0.05, 0.1) is 0 Å². The molecule has 0 heterocycles. The SMILES string of the molecule is CCNC(CC)CCc1cccc(C2CCC2)c1. The summed E-state index contributed by atoms with van der Waals surface area (Å²) in [5.41, 5.74) is 3.10. The van der Waals surface area contributed by atoms with E-state index in [0.29, 0.717) is 6.04 Å². The molecule has 0 saturated heterocycles. The number of hydrogen-bond acceptors (Lipinski definition) is 1. The van der Waals surface area contributed by atoms with Crippen LogP contribution >= 0.6 is 0 Å². The van der Waals surface area contributed by atoms with Crippen LogP contribution in [0.1, 0.15) is 63.0 Å². The molecule has 0 radical (unpaired) electrons. The van der Waals surface area contributed by atoms with Crippen LogP contribution in [0.25, 0.3) is 0 Å². The largest absolute Gasteiger partial charge is 0.314 e. The Morgan fingerprint density at radius 3 is 2.72 bits per heavy atom. The molecule has 1 fully saturated rings. The highest BCUT2D eigenvalue weighted by atomic mass is 14.9. The first kappa shape index (κ1) is 13.6. The lowest BCUT2D eigenvalue weighted by molar-refractivity contribution is 0.419. The molecule has 0 aromatic heterocycles. The monoisotopic (exact) mass is 245 g/mol. The fourth-order valence-electron chi connectivity index (χ4n) is 2.82. The van der Waals surface area contributed by atoms with E-state index in [1.807, 2.05) is 0 Å². The molecule has 1 aliphatic rings. The lowest BCUT2D eigenvalue weighted by Crippen LogP contribution is -2.28. The van der Waals surface area contributed by atoms with Gasteiger partial charge in [-0.3, -0.25) is 0 Å². The molecule has 1 heteroatoms. The number of rotatable bonds is 7. The van der Waals surface area contributed by atoms with Gasteiger partial charge in [-0.1, -0.05) is 44.5 Å². The van der Waals surface area contributed by atoms with Gasteiger partial charge in [0, 0.05) is 6.04 Å². The second kappa shape index (κ2) is 6.94. The summed E-state index contributed by atoms with van der Waals surface area (Å²) >= 11 is 0. The molecule has 1 N–H and O–H groups in total. The van der Waals surface area contributed by atoms with E-state index in [1.54, 1.807) is 5.56 Å². The van der Waals surface area contributed by atoms with Crippen LogP contribution in [0, 0.1) is 0 Å². The maximum absolute atomic E-state index is 3.56. The van der Waals surface area contributed by atoms with Gasteiger partial charge >= 0.3 is 0 Å². The molecule has 1 atom stereocenters. The van der Waals surface area contributed by atoms with Crippen LogP contribution < -0.4 is 5.32 Å². The van der Waals surface area contributed by atoms with Crippen molar-refractivity contribution in [1.82, 2.24) is 5.32 Å². The quantitative estimate of drug-likeness (QED) is 0.756. The first-order valence-corrected chi connectivity index (χ1v) is 7.65. The van der Waals surface area contributed by atoms with Crippen molar-refractivity contribution < 1.29 is 0 Å². The van der Waals surface area contributed by atoms with E-state index >= 15 is 0 Å². The number of benzene rings is 1. The second-order valence-corrected chi connectivity index (χ2v) is 5.57. The van der Waals surface area contributed by atoms with Crippen molar-refractivity contribution in [2.24, 2.45) is 0 Å². The summed E-state index contributed by atoms with van der Waals surface area (Å²) in [4.78, 5) is 0. The lowest BCUT2D eigenvalue weighted by atomic mass is 9.79. The molecule has 1 aromatic rings. The van der Waals surface area contributed by atoms with E-state index in [0.717, 1.165) is 12.5 Å². The Morgan fingerprint density at radius 2 is 2.11 bits per heavy atom. The average molecular weight is 245 g/mol. The summed E-state index contributed by atoms with van der Waals surface area (Å²) in [6.07, 6.45) is 7.94. The molecular formula is C17H27N. The van der Waals surface area contributed by atoms with Crippen molar-refractivity contribution in [3.63, 3.8) is 0 Å². The first-order valence-electron chi connectivity index (χ1n) is 7.65. The standard InChI is InChI=1S/C17H27N/c1-3-17(18-4-2)12-11-14-7-5-10-16(13-14)15-8-6-9-15/h5,7,10,13,15,17-18H,3-4,6,8-9,11-12H2,1-2H3. The third-order valence-corrected chi connectivity index (χ3v) is 4.29. The number of hydrogen-bond donors (Lipinski definition) is 1. The third kappa shape index (κ3) is 3.58. The van der Waals surface area contributed by atoms with Gasteiger partial charge in [0.2, 0.25) is 0 Å².